The summed E-state index contributed by atoms with van der Waals surface area (Å²) >= 11 is 3.66. The lowest BCUT2D eigenvalue weighted by Crippen LogP contribution is -2.36. The number of aryl methyl sites for hydroxylation is 1. The first-order valence-electron chi connectivity index (χ1n) is 6.03. The average Bonchev–Trinajstić information content (AvgIpc) is 2.37. The van der Waals surface area contributed by atoms with Crippen LogP contribution in [0.1, 0.15) is 30.0 Å². The lowest BCUT2D eigenvalue weighted by Gasteiger charge is -2.31. The van der Waals surface area contributed by atoms with Crippen molar-refractivity contribution < 1.29 is 4.74 Å². The minimum absolute atomic E-state index is 0.202. The van der Waals surface area contributed by atoms with E-state index in [1.54, 1.807) is 0 Å². The van der Waals surface area contributed by atoms with Gasteiger partial charge < -0.3 is 4.74 Å². The van der Waals surface area contributed by atoms with Crippen LogP contribution in [0.25, 0.3) is 0 Å². The summed E-state index contributed by atoms with van der Waals surface area (Å²) < 4.78 is 6.57. The van der Waals surface area contributed by atoms with Gasteiger partial charge in [0.15, 0.2) is 0 Å². The Hall–Kier alpha value is -0.420. The van der Waals surface area contributed by atoms with Gasteiger partial charge in [0, 0.05) is 17.7 Å². The molecule has 4 heteroatoms. The number of hydrazine groups is 1. The van der Waals surface area contributed by atoms with E-state index in [-0.39, 0.29) is 6.04 Å². The van der Waals surface area contributed by atoms with E-state index in [1.807, 2.05) is 0 Å². The highest BCUT2D eigenvalue weighted by Gasteiger charge is 2.26. The van der Waals surface area contributed by atoms with E-state index in [2.05, 4.69) is 46.5 Å². The molecule has 0 amide bonds. The van der Waals surface area contributed by atoms with Crippen LogP contribution >= 0.6 is 15.9 Å². The average molecular weight is 299 g/mol. The van der Waals surface area contributed by atoms with Gasteiger partial charge in [-0.05, 0) is 36.8 Å². The number of benzene rings is 1. The van der Waals surface area contributed by atoms with E-state index in [9.17, 15) is 0 Å². The van der Waals surface area contributed by atoms with Crippen molar-refractivity contribution in [3.63, 3.8) is 0 Å². The van der Waals surface area contributed by atoms with Gasteiger partial charge in [0.2, 0.25) is 0 Å². The van der Waals surface area contributed by atoms with Crippen LogP contribution in [0.15, 0.2) is 22.7 Å². The number of hydrogen-bond donors (Lipinski definition) is 2. The van der Waals surface area contributed by atoms with Crippen molar-refractivity contribution in [1.29, 1.82) is 0 Å². The molecule has 1 atom stereocenters. The van der Waals surface area contributed by atoms with Crippen molar-refractivity contribution in [2.24, 2.45) is 11.8 Å². The Kier molecular flexibility index (Phi) is 4.56. The third-order valence-electron chi connectivity index (χ3n) is 3.47. The Labute approximate surface area is 111 Å². The molecular formula is C13H19BrN2O. The van der Waals surface area contributed by atoms with Crippen LogP contribution in [0.5, 0.6) is 0 Å². The second-order valence-corrected chi connectivity index (χ2v) is 5.37. The maximum Gasteiger partial charge on any atom is 0.0501 e. The van der Waals surface area contributed by atoms with Crippen molar-refractivity contribution in [1.82, 2.24) is 5.43 Å². The molecule has 1 aliphatic heterocycles. The summed E-state index contributed by atoms with van der Waals surface area (Å²) in [6.45, 7) is 3.78. The van der Waals surface area contributed by atoms with Crippen molar-refractivity contribution in [2.45, 2.75) is 25.8 Å². The van der Waals surface area contributed by atoms with Gasteiger partial charge in [-0.25, -0.2) is 0 Å². The maximum absolute atomic E-state index is 5.74. The van der Waals surface area contributed by atoms with E-state index in [1.165, 1.54) is 11.1 Å². The molecule has 1 heterocycles. The molecule has 3 N–H and O–H groups in total. The molecule has 1 saturated heterocycles. The minimum atomic E-state index is 0.202. The van der Waals surface area contributed by atoms with Gasteiger partial charge in [-0.2, -0.15) is 0 Å². The molecule has 1 fully saturated rings. The lowest BCUT2D eigenvalue weighted by atomic mass is 9.87. The molecule has 0 spiro atoms. The topological polar surface area (TPSA) is 47.3 Å². The molecule has 0 bridgehead atoms. The third kappa shape index (κ3) is 2.88. The summed E-state index contributed by atoms with van der Waals surface area (Å²) in [6.07, 6.45) is 2.13. The fourth-order valence-corrected chi connectivity index (χ4v) is 2.95. The van der Waals surface area contributed by atoms with E-state index in [0.29, 0.717) is 5.92 Å². The van der Waals surface area contributed by atoms with Crippen molar-refractivity contribution in [3.8, 4) is 0 Å². The minimum Gasteiger partial charge on any atom is -0.381 e. The molecular weight excluding hydrogens is 280 g/mol. The van der Waals surface area contributed by atoms with Crippen molar-refractivity contribution in [2.75, 3.05) is 13.2 Å². The highest BCUT2D eigenvalue weighted by Crippen LogP contribution is 2.34. The zero-order valence-electron chi connectivity index (χ0n) is 10.1. The molecule has 1 unspecified atom stereocenters. The molecule has 17 heavy (non-hydrogen) atoms. The summed E-state index contributed by atoms with van der Waals surface area (Å²) in [7, 11) is 0. The summed E-state index contributed by atoms with van der Waals surface area (Å²) in [5.41, 5.74) is 5.47. The Morgan fingerprint density at radius 2 is 2.12 bits per heavy atom. The second kappa shape index (κ2) is 5.96. The van der Waals surface area contributed by atoms with Gasteiger partial charge in [0.25, 0.3) is 0 Å². The smallest absolute Gasteiger partial charge is 0.0501 e. The number of halogens is 1. The van der Waals surface area contributed by atoms with Gasteiger partial charge in [-0.3, -0.25) is 11.3 Å². The number of nitrogens with one attached hydrogen (secondary N) is 1. The van der Waals surface area contributed by atoms with E-state index >= 15 is 0 Å². The fraction of sp³-hybridized carbons (Fsp3) is 0.538. The lowest BCUT2D eigenvalue weighted by molar-refractivity contribution is 0.0535. The summed E-state index contributed by atoms with van der Waals surface area (Å²) in [5.74, 6) is 6.29. The number of nitrogens with two attached hydrogens (primary N) is 1. The van der Waals surface area contributed by atoms with Gasteiger partial charge in [0.1, 0.15) is 0 Å². The largest absolute Gasteiger partial charge is 0.381 e. The van der Waals surface area contributed by atoms with Gasteiger partial charge in [-0.15, -0.1) is 0 Å². The number of ether oxygens (including phenoxy) is 1. The Bertz CT molecular complexity index is 378. The molecule has 0 saturated carbocycles. The molecule has 3 nitrogen and oxygen atoms in total. The molecule has 0 radical (unpaired) electrons. The van der Waals surface area contributed by atoms with Crippen LogP contribution in [0, 0.1) is 12.8 Å². The molecule has 94 valence electrons. The quantitative estimate of drug-likeness (QED) is 0.666. The Morgan fingerprint density at radius 3 is 2.76 bits per heavy atom. The maximum atomic E-state index is 5.74. The standard InChI is InChI=1S/C13H19BrN2O/c1-9-3-2-4-11(12(9)14)13(16-15)10-5-7-17-8-6-10/h2-4,10,13,16H,5-8,15H2,1H3. The second-order valence-electron chi connectivity index (χ2n) is 4.57. The first kappa shape index (κ1) is 13.0. The van der Waals surface area contributed by atoms with E-state index < -0.39 is 0 Å². The Morgan fingerprint density at radius 1 is 1.41 bits per heavy atom. The predicted octanol–water partition coefficient (Wildman–Crippen LogP) is 2.69. The Balaban J connectivity index is 2.24. The first-order chi connectivity index (χ1) is 8.24. The first-order valence-corrected chi connectivity index (χ1v) is 6.82. The van der Waals surface area contributed by atoms with E-state index in [0.717, 1.165) is 30.5 Å². The van der Waals surface area contributed by atoms with Crippen LogP contribution in [0.3, 0.4) is 0 Å². The van der Waals surface area contributed by atoms with Crippen molar-refractivity contribution >= 4 is 15.9 Å². The molecule has 0 aromatic heterocycles. The SMILES string of the molecule is Cc1cccc(C(NN)C2CCOCC2)c1Br. The molecule has 1 aliphatic rings. The summed E-state index contributed by atoms with van der Waals surface area (Å²) in [6, 6.07) is 6.52. The van der Waals surface area contributed by atoms with Crippen LogP contribution in [0.2, 0.25) is 0 Å². The number of rotatable bonds is 3. The summed E-state index contributed by atoms with van der Waals surface area (Å²) in [4.78, 5) is 0. The number of hydrogen-bond acceptors (Lipinski definition) is 3. The third-order valence-corrected chi connectivity index (χ3v) is 4.56. The highest BCUT2D eigenvalue weighted by atomic mass is 79.9. The van der Waals surface area contributed by atoms with Gasteiger partial charge in [-0.1, -0.05) is 34.1 Å². The van der Waals surface area contributed by atoms with Gasteiger partial charge >= 0.3 is 0 Å². The molecule has 1 aromatic rings. The zero-order valence-corrected chi connectivity index (χ0v) is 11.7. The zero-order chi connectivity index (χ0) is 12.3. The van der Waals surface area contributed by atoms with Gasteiger partial charge in [0.05, 0.1) is 6.04 Å². The normalized spacial score (nSPS) is 19.2. The van der Waals surface area contributed by atoms with E-state index in [4.69, 9.17) is 10.6 Å². The van der Waals surface area contributed by atoms with Crippen LogP contribution in [0.4, 0.5) is 0 Å². The van der Waals surface area contributed by atoms with Crippen LogP contribution in [-0.2, 0) is 4.74 Å². The molecule has 0 aliphatic carbocycles. The molecule has 1 aromatic carbocycles. The fourth-order valence-electron chi connectivity index (χ4n) is 2.44. The van der Waals surface area contributed by atoms with Crippen LogP contribution in [-0.4, -0.2) is 13.2 Å². The predicted molar refractivity (Wildman–Crippen MR) is 72.5 cm³/mol. The molecule has 2 rings (SSSR count). The van der Waals surface area contributed by atoms with Crippen LogP contribution < -0.4 is 11.3 Å². The monoisotopic (exact) mass is 298 g/mol. The summed E-state index contributed by atoms with van der Waals surface area (Å²) in [5, 5.41) is 0. The van der Waals surface area contributed by atoms with Crippen molar-refractivity contribution in [3.05, 3.63) is 33.8 Å². The highest BCUT2D eigenvalue weighted by molar-refractivity contribution is 9.10.